The maximum atomic E-state index is 13.0. The average Bonchev–Trinajstić information content (AvgIpc) is 3.81. The first-order valence-corrected chi connectivity index (χ1v) is 19.3. The lowest BCUT2D eigenvalue weighted by Gasteiger charge is -2.40. The van der Waals surface area contributed by atoms with Gasteiger partial charge < -0.3 is 43.5 Å². The Morgan fingerprint density at radius 3 is 2.02 bits per heavy atom. The van der Waals surface area contributed by atoms with E-state index < -0.39 is 50.0 Å². The van der Waals surface area contributed by atoms with Crippen LogP contribution in [0.3, 0.4) is 0 Å². The van der Waals surface area contributed by atoms with E-state index in [1.165, 1.54) is 17.2 Å². The van der Waals surface area contributed by atoms with E-state index in [0.717, 1.165) is 12.7 Å². The molecule has 7 rings (SSSR count). The van der Waals surface area contributed by atoms with Crippen molar-refractivity contribution in [3.05, 3.63) is 144 Å². The highest BCUT2D eigenvalue weighted by atomic mass is 31.2. The third kappa shape index (κ3) is 7.79. The molecule has 6 aromatic rings. The van der Waals surface area contributed by atoms with Crippen molar-refractivity contribution in [3.63, 3.8) is 0 Å². The molecule has 0 radical (unpaired) electrons. The van der Waals surface area contributed by atoms with Gasteiger partial charge in [0.15, 0.2) is 23.2 Å². The Morgan fingerprint density at radius 2 is 1.43 bits per heavy atom. The Kier molecular flexibility index (Phi) is 11.6. The van der Waals surface area contributed by atoms with Crippen LogP contribution in [0.2, 0.25) is 0 Å². The molecule has 3 N–H and O–H groups in total. The summed E-state index contributed by atoms with van der Waals surface area (Å²) in [6, 6.07) is 33.0. The third-order valence-corrected chi connectivity index (χ3v) is 10.6. The minimum absolute atomic E-state index is 0.156. The van der Waals surface area contributed by atoms with Gasteiger partial charge >= 0.3 is 7.60 Å². The van der Waals surface area contributed by atoms with E-state index in [4.69, 9.17) is 28.2 Å². The standard InChI is InChI=1S/C40H40N5O10P/c1-50-30-18-14-28(15-19-30)40(27-12-8-5-9-13-27,29-16-20-31(51-2)21-17-29)55-35-32(22-53-25-56(48,49)52-3)54-39(34(35)46)45-24-43-33-36(41-23-42-37(33)45)44-38(47)26-10-6-4-7-11-26/h4-21,23-24,32,34-35,39,46H,22,25H2,1-3H3,(H,48,49)(H,41,42,44,47)/t32-,34-,35-,39-/m1/s1. The summed E-state index contributed by atoms with van der Waals surface area (Å²) in [7, 11) is 0.200. The molecular formula is C40H40N5O10P. The fourth-order valence-corrected chi connectivity index (χ4v) is 7.14. The molecule has 290 valence electrons. The monoisotopic (exact) mass is 781 g/mol. The van der Waals surface area contributed by atoms with Crippen molar-refractivity contribution in [2.45, 2.75) is 30.1 Å². The number of carbonyl (C=O) groups excluding carboxylic acids is 1. The van der Waals surface area contributed by atoms with Gasteiger partial charge in [-0.05, 0) is 53.1 Å². The molecule has 3 heterocycles. The Bertz CT molecular complexity index is 2250. The van der Waals surface area contributed by atoms with E-state index in [2.05, 4.69) is 20.3 Å². The average molecular weight is 782 g/mol. The van der Waals surface area contributed by atoms with Crippen LogP contribution in [-0.4, -0.2) is 88.0 Å². The molecule has 15 nitrogen and oxygen atoms in total. The summed E-state index contributed by atoms with van der Waals surface area (Å²) in [5.74, 6) is 1.01. The normalized spacial score (nSPS) is 19.4. The number of aliphatic hydroxyl groups is 1. The number of nitrogens with one attached hydrogen (secondary N) is 1. The number of aliphatic hydroxyl groups excluding tert-OH is 1. The molecule has 2 aromatic heterocycles. The zero-order valence-electron chi connectivity index (χ0n) is 30.7. The topological polar surface area (TPSA) is 186 Å². The summed E-state index contributed by atoms with van der Waals surface area (Å²) in [5.41, 5.74) is 1.67. The molecule has 5 atom stereocenters. The van der Waals surface area contributed by atoms with Crippen molar-refractivity contribution in [3.8, 4) is 11.5 Å². The van der Waals surface area contributed by atoms with Gasteiger partial charge in [0.25, 0.3) is 5.91 Å². The van der Waals surface area contributed by atoms with E-state index in [1.54, 1.807) is 44.6 Å². The maximum absolute atomic E-state index is 13.0. The number of rotatable bonds is 15. The van der Waals surface area contributed by atoms with Crippen LogP contribution < -0.4 is 14.8 Å². The van der Waals surface area contributed by atoms with Crippen LogP contribution in [0.1, 0.15) is 33.3 Å². The van der Waals surface area contributed by atoms with Gasteiger partial charge in [0.1, 0.15) is 48.1 Å². The lowest BCUT2D eigenvalue weighted by atomic mass is 9.79. The van der Waals surface area contributed by atoms with Crippen LogP contribution in [0, 0.1) is 0 Å². The zero-order chi connectivity index (χ0) is 39.3. The molecule has 0 spiro atoms. The quantitative estimate of drug-likeness (QED) is 0.0873. The van der Waals surface area contributed by atoms with Crippen molar-refractivity contribution in [1.29, 1.82) is 0 Å². The fraction of sp³-hybridized carbons (Fsp3) is 0.250. The molecule has 1 saturated heterocycles. The van der Waals surface area contributed by atoms with Gasteiger partial charge in [-0.1, -0.05) is 72.8 Å². The van der Waals surface area contributed by atoms with Crippen molar-refractivity contribution < 1.29 is 47.6 Å². The number of carbonyl (C=O) groups is 1. The van der Waals surface area contributed by atoms with E-state index >= 15 is 0 Å². The Labute approximate surface area is 322 Å². The number of fused-ring (bicyclic) bond motifs is 1. The first-order chi connectivity index (χ1) is 27.2. The molecule has 0 saturated carbocycles. The Morgan fingerprint density at radius 1 is 0.839 bits per heavy atom. The first kappa shape index (κ1) is 38.8. The third-order valence-electron chi connectivity index (χ3n) is 9.52. The minimum atomic E-state index is -4.07. The van der Waals surface area contributed by atoms with E-state index in [9.17, 15) is 19.4 Å². The van der Waals surface area contributed by atoms with Crippen LogP contribution in [0.15, 0.2) is 122 Å². The molecule has 1 fully saturated rings. The lowest BCUT2D eigenvalue weighted by Crippen LogP contribution is -2.45. The smallest absolute Gasteiger partial charge is 0.353 e. The SMILES string of the molecule is COc1ccc(C(O[C@H]2[C@@H](O)[C@H](n3cnc4c(NC(=O)c5ccccc5)ncnc43)O[C@@H]2COCP(=O)(O)OC)(c2ccccc2)c2ccc(OC)cc2)cc1. The molecule has 1 aliphatic rings. The lowest BCUT2D eigenvalue weighted by molar-refractivity contribution is -0.116. The van der Waals surface area contributed by atoms with Crippen molar-refractivity contribution in [2.24, 2.45) is 0 Å². The summed E-state index contributed by atoms with van der Waals surface area (Å²) in [6.07, 6.45) is -2.67. The number of ether oxygens (including phenoxy) is 5. The molecule has 0 aliphatic carbocycles. The van der Waals surface area contributed by atoms with Gasteiger partial charge in [-0.2, -0.15) is 0 Å². The number of benzene rings is 4. The van der Waals surface area contributed by atoms with Crippen LogP contribution in [-0.2, 0) is 28.9 Å². The van der Waals surface area contributed by atoms with Gasteiger partial charge in [-0.3, -0.25) is 13.9 Å². The number of anilines is 1. The predicted octanol–water partition coefficient (Wildman–Crippen LogP) is 5.54. The molecular weight excluding hydrogens is 741 g/mol. The van der Waals surface area contributed by atoms with Crippen molar-refractivity contribution in [1.82, 2.24) is 19.5 Å². The molecule has 1 amide bonds. The van der Waals surface area contributed by atoms with E-state index in [-0.39, 0.29) is 23.6 Å². The van der Waals surface area contributed by atoms with E-state index in [0.29, 0.717) is 28.2 Å². The number of hydrogen-bond acceptors (Lipinski definition) is 12. The van der Waals surface area contributed by atoms with Gasteiger partial charge in [0, 0.05) is 12.7 Å². The summed E-state index contributed by atoms with van der Waals surface area (Å²) in [6.45, 7) is -0.276. The minimum Gasteiger partial charge on any atom is -0.497 e. The second-order valence-corrected chi connectivity index (χ2v) is 14.7. The Balaban J connectivity index is 1.32. The fourth-order valence-electron chi connectivity index (χ4n) is 6.70. The van der Waals surface area contributed by atoms with Crippen molar-refractivity contribution >= 4 is 30.5 Å². The van der Waals surface area contributed by atoms with Gasteiger partial charge in [0.2, 0.25) is 0 Å². The van der Waals surface area contributed by atoms with Crippen molar-refractivity contribution in [2.75, 3.05) is 39.6 Å². The summed E-state index contributed by atoms with van der Waals surface area (Å²) < 4.78 is 49.1. The Hall–Kier alpha value is -5.51. The second-order valence-electron chi connectivity index (χ2n) is 12.8. The van der Waals surface area contributed by atoms with Gasteiger partial charge in [-0.15, -0.1) is 0 Å². The van der Waals surface area contributed by atoms with E-state index in [1.807, 2.05) is 78.9 Å². The molecule has 1 unspecified atom stereocenters. The molecule has 4 aromatic carbocycles. The second kappa shape index (κ2) is 16.7. The molecule has 1 aliphatic heterocycles. The molecule has 16 heteroatoms. The number of imidazole rings is 1. The van der Waals surface area contributed by atoms with Gasteiger partial charge in [-0.25, -0.2) is 15.0 Å². The van der Waals surface area contributed by atoms with Crippen LogP contribution in [0.25, 0.3) is 11.2 Å². The molecule has 56 heavy (non-hydrogen) atoms. The highest BCUT2D eigenvalue weighted by Crippen LogP contribution is 2.47. The summed E-state index contributed by atoms with van der Waals surface area (Å²) in [5, 5.41) is 15.1. The predicted molar refractivity (Wildman–Crippen MR) is 204 cm³/mol. The van der Waals surface area contributed by atoms with Crippen LogP contribution in [0.5, 0.6) is 11.5 Å². The number of hydrogen-bond donors (Lipinski definition) is 3. The highest BCUT2D eigenvalue weighted by Gasteiger charge is 2.51. The van der Waals surface area contributed by atoms with Crippen LogP contribution in [0.4, 0.5) is 5.82 Å². The van der Waals surface area contributed by atoms with Gasteiger partial charge in [0.05, 0.1) is 27.2 Å². The zero-order valence-corrected chi connectivity index (χ0v) is 31.6. The number of nitrogens with zero attached hydrogens (tertiary/aromatic N) is 4. The maximum Gasteiger partial charge on any atom is 0.353 e. The number of methoxy groups -OCH3 is 2. The first-order valence-electron chi connectivity index (χ1n) is 17.5. The summed E-state index contributed by atoms with van der Waals surface area (Å²) >= 11 is 0. The molecule has 0 bridgehead atoms. The highest BCUT2D eigenvalue weighted by molar-refractivity contribution is 7.52. The summed E-state index contributed by atoms with van der Waals surface area (Å²) in [4.78, 5) is 36.4. The number of aromatic nitrogens is 4. The largest absolute Gasteiger partial charge is 0.497 e. The van der Waals surface area contributed by atoms with Crippen LogP contribution >= 0.6 is 7.60 Å². The number of amides is 1.